The molecule has 132 valence electrons. The second-order valence-corrected chi connectivity index (χ2v) is 8.04. The van der Waals surface area contributed by atoms with E-state index in [1.807, 2.05) is 0 Å². The van der Waals surface area contributed by atoms with Crippen molar-refractivity contribution in [2.75, 3.05) is 16.3 Å². The molecule has 0 bridgehead atoms. The van der Waals surface area contributed by atoms with Gasteiger partial charge in [-0.15, -0.1) is 0 Å². The maximum atomic E-state index is 12.4. The van der Waals surface area contributed by atoms with Crippen molar-refractivity contribution < 1.29 is 23.1 Å². The molecule has 7 nitrogen and oxygen atoms in total. The Morgan fingerprint density at radius 3 is 2.50 bits per heavy atom. The summed E-state index contributed by atoms with van der Waals surface area (Å²) in [5.41, 5.74) is 1.62. The topological polar surface area (TPSA) is 113 Å². The standard InChI is InChI=1S/C16H22N2O5S/c1-10-6-7-13(9-14(10)18-24(2,22)23)17-15(19)11-4-3-5-12(8-11)16(20)21/h6-7,9,11-12,18H,3-5,8H2,1-2H3,(H,17,19)(H,20,21). The molecule has 2 rings (SSSR count). The largest absolute Gasteiger partial charge is 0.481 e. The lowest BCUT2D eigenvalue weighted by Crippen LogP contribution is -2.30. The van der Waals surface area contributed by atoms with Crippen LogP contribution in [0, 0.1) is 18.8 Å². The van der Waals surface area contributed by atoms with Gasteiger partial charge in [0, 0.05) is 11.6 Å². The number of carboxylic acids is 1. The van der Waals surface area contributed by atoms with Crippen molar-refractivity contribution in [1.29, 1.82) is 0 Å². The van der Waals surface area contributed by atoms with Crippen LogP contribution in [0.2, 0.25) is 0 Å². The highest BCUT2D eigenvalue weighted by Gasteiger charge is 2.31. The molecule has 1 aromatic rings. The lowest BCUT2D eigenvalue weighted by Gasteiger charge is -2.25. The summed E-state index contributed by atoms with van der Waals surface area (Å²) in [5, 5.41) is 11.9. The number of hydrogen-bond acceptors (Lipinski definition) is 4. The third-order valence-electron chi connectivity index (χ3n) is 4.19. The van der Waals surface area contributed by atoms with Crippen LogP contribution in [0.4, 0.5) is 11.4 Å². The molecular weight excluding hydrogens is 332 g/mol. The molecule has 1 aromatic carbocycles. The molecule has 0 aliphatic heterocycles. The third-order valence-corrected chi connectivity index (χ3v) is 4.79. The second-order valence-electron chi connectivity index (χ2n) is 6.29. The van der Waals surface area contributed by atoms with Gasteiger partial charge in [0.2, 0.25) is 15.9 Å². The van der Waals surface area contributed by atoms with Crippen molar-refractivity contribution in [2.45, 2.75) is 32.6 Å². The summed E-state index contributed by atoms with van der Waals surface area (Å²) in [7, 11) is -3.41. The maximum Gasteiger partial charge on any atom is 0.306 e. The van der Waals surface area contributed by atoms with Gasteiger partial charge in [-0.2, -0.15) is 0 Å². The van der Waals surface area contributed by atoms with Crippen LogP contribution in [0.3, 0.4) is 0 Å². The molecule has 1 amide bonds. The summed E-state index contributed by atoms with van der Waals surface area (Å²) in [6.45, 7) is 1.76. The number of aryl methyl sites for hydroxylation is 1. The van der Waals surface area contributed by atoms with E-state index in [1.54, 1.807) is 25.1 Å². The third kappa shape index (κ3) is 4.95. The predicted molar refractivity (Wildman–Crippen MR) is 91.4 cm³/mol. The fourth-order valence-electron chi connectivity index (χ4n) is 2.91. The average Bonchev–Trinajstić information content (AvgIpc) is 2.49. The fraction of sp³-hybridized carbons (Fsp3) is 0.500. The number of nitrogens with one attached hydrogen (secondary N) is 2. The minimum Gasteiger partial charge on any atom is -0.481 e. The van der Waals surface area contributed by atoms with Gasteiger partial charge in [-0.05, 0) is 43.9 Å². The van der Waals surface area contributed by atoms with Gasteiger partial charge in [0.25, 0.3) is 0 Å². The Morgan fingerprint density at radius 1 is 1.21 bits per heavy atom. The molecular formula is C16H22N2O5S. The van der Waals surface area contributed by atoms with Crippen LogP contribution >= 0.6 is 0 Å². The first-order valence-electron chi connectivity index (χ1n) is 7.78. The van der Waals surface area contributed by atoms with Crippen LogP contribution in [-0.2, 0) is 19.6 Å². The molecule has 0 aromatic heterocycles. The zero-order valence-electron chi connectivity index (χ0n) is 13.7. The van der Waals surface area contributed by atoms with E-state index in [1.165, 1.54) is 0 Å². The number of carbonyl (C=O) groups is 2. The summed E-state index contributed by atoms with van der Waals surface area (Å²) in [6, 6.07) is 4.97. The number of hydrogen-bond donors (Lipinski definition) is 3. The molecule has 0 spiro atoms. The van der Waals surface area contributed by atoms with Crippen LogP contribution in [-0.4, -0.2) is 31.7 Å². The Labute approximate surface area is 141 Å². The minimum atomic E-state index is -3.41. The Hall–Kier alpha value is -2.09. The number of sulfonamides is 1. The normalized spacial score (nSPS) is 21.1. The zero-order chi connectivity index (χ0) is 17.9. The minimum absolute atomic E-state index is 0.227. The molecule has 0 radical (unpaired) electrons. The van der Waals surface area contributed by atoms with E-state index >= 15 is 0 Å². The van der Waals surface area contributed by atoms with Gasteiger partial charge >= 0.3 is 5.97 Å². The van der Waals surface area contributed by atoms with E-state index in [0.29, 0.717) is 37.1 Å². The monoisotopic (exact) mass is 354 g/mol. The van der Waals surface area contributed by atoms with Crippen LogP contribution in [0.5, 0.6) is 0 Å². The lowest BCUT2D eigenvalue weighted by molar-refractivity contribution is -0.143. The highest BCUT2D eigenvalue weighted by atomic mass is 32.2. The summed E-state index contributed by atoms with van der Waals surface area (Å²) >= 11 is 0. The molecule has 1 aliphatic rings. The average molecular weight is 354 g/mol. The zero-order valence-corrected chi connectivity index (χ0v) is 14.5. The van der Waals surface area contributed by atoms with Gasteiger partial charge in [-0.3, -0.25) is 14.3 Å². The Kier molecular flexibility index (Phi) is 5.48. The highest BCUT2D eigenvalue weighted by molar-refractivity contribution is 7.92. The van der Waals surface area contributed by atoms with Gasteiger partial charge in [-0.25, -0.2) is 8.42 Å². The van der Waals surface area contributed by atoms with E-state index in [-0.39, 0.29) is 11.8 Å². The predicted octanol–water partition coefficient (Wildman–Crippen LogP) is 2.20. The number of carboxylic acid groups (broad SMARTS) is 1. The number of benzene rings is 1. The van der Waals surface area contributed by atoms with Gasteiger partial charge in [-0.1, -0.05) is 12.5 Å². The quantitative estimate of drug-likeness (QED) is 0.750. The molecule has 24 heavy (non-hydrogen) atoms. The lowest BCUT2D eigenvalue weighted by atomic mass is 9.81. The first kappa shape index (κ1) is 18.3. The van der Waals surface area contributed by atoms with Crippen molar-refractivity contribution in [3.63, 3.8) is 0 Å². The number of rotatable bonds is 5. The van der Waals surface area contributed by atoms with Gasteiger partial charge < -0.3 is 10.4 Å². The van der Waals surface area contributed by atoms with Crippen molar-refractivity contribution in [2.24, 2.45) is 11.8 Å². The SMILES string of the molecule is Cc1ccc(NC(=O)C2CCCC(C(=O)O)C2)cc1NS(C)(=O)=O. The molecule has 1 fully saturated rings. The van der Waals surface area contributed by atoms with Gasteiger partial charge in [0.05, 0.1) is 17.9 Å². The van der Waals surface area contributed by atoms with Gasteiger partial charge in [0.1, 0.15) is 0 Å². The summed E-state index contributed by atoms with van der Waals surface area (Å²) < 4.78 is 25.2. The van der Waals surface area contributed by atoms with Crippen LogP contribution in [0.15, 0.2) is 18.2 Å². The van der Waals surface area contributed by atoms with E-state index in [9.17, 15) is 18.0 Å². The Bertz CT molecular complexity index is 745. The van der Waals surface area contributed by atoms with Crippen molar-refractivity contribution in [3.8, 4) is 0 Å². The molecule has 8 heteroatoms. The van der Waals surface area contributed by atoms with Crippen LogP contribution < -0.4 is 10.0 Å². The fourth-order valence-corrected chi connectivity index (χ4v) is 3.53. The molecule has 1 saturated carbocycles. The Balaban J connectivity index is 2.09. The van der Waals surface area contributed by atoms with Crippen LogP contribution in [0.1, 0.15) is 31.2 Å². The molecule has 3 N–H and O–H groups in total. The van der Waals surface area contributed by atoms with E-state index in [4.69, 9.17) is 5.11 Å². The smallest absolute Gasteiger partial charge is 0.306 e. The maximum absolute atomic E-state index is 12.4. The first-order valence-corrected chi connectivity index (χ1v) is 9.67. The second kappa shape index (κ2) is 7.21. The number of amides is 1. The number of aliphatic carboxylic acids is 1. The van der Waals surface area contributed by atoms with E-state index < -0.39 is 21.9 Å². The number of carbonyl (C=O) groups excluding carboxylic acids is 1. The summed E-state index contributed by atoms with van der Waals surface area (Å²) in [4.78, 5) is 23.5. The van der Waals surface area contributed by atoms with Gasteiger partial charge in [0.15, 0.2) is 0 Å². The Morgan fingerprint density at radius 2 is 1.88 bits per heavy atom. The summed E-state index contributed by atoms with van der Waals surface area (Å²) in [6.07, 6.45) is 3.37. The summed E-state index contributed by atoms with van der Waals surface area (Å²) in [5.74, 6) is -1.90. The highest BCUT2D eigenvalue weighted by Crippen LogP contribution is 2.30. The molecule has 0 saturated heterocycles. The number of anilines is 2. The van der Waals surface area contributed by atoms with Crippen molar-refractivity contribution >= 4 is 33.3 Å². The van der Waals surface area contributed by atoms with Crippen molar-refractivity contribution in [1.82, 2.24) is 0 Å². The molecule has 2 atom stereocenters. The molecule has 0 heterocycles. The first-order chi connectivity index (χ1) is 11.2. The van der Waals surface area contributed by atoms with Crippen LogP contribution in [0.25, 0.3) is 0 Å². The molecule has 2 unspecified atom stereocenters. The molecule has 1 aliphatic carbocycles. The van der Waals surface area contributed by atoms with Crippen molar-refractivity contribution in [3.05, 3.63) is 23.8 Å². The van der Waals surface area contributed by atoms with E-state index in [2.05, 4.69) is 10.0 Å². The van der Waals surface area contributed by atoms with E-state index in [0.717, 1.165) is 11.8 Å².